The lowest BCUT2D eigenvalue weighted by Gasteiger charge is -2.13. The summed E-state index contributed by atoms with van der Waals surface area (Å²) in [5.41, 5.74) is 1.95. The molecule has 9 heteroatoms. The number of methoxy groups -OCH3 is 2. The van der Waals surface area contributed by atoms with Crippen molar-refractivity contribution in [2.45, 2.75) is 24.7 Å². The summed E-state index contributed by atoms with van der Waals surface area (Å²) in [5, 5.41) is 5.65. The van der Waals surface area contributed by atoms with Crippen molar-refractivity contribution in [3.63, 3.8) is 0 Å². The Labute approximate surface area is 220 Å². The van der Waals surface area contributed by atoms with Gasteiger partial charge in [-0.3, -0.25) is 9.59 Å². The molecule has 3 rings (SSSR count). The minimum Gasteiger partial charge on any atom is -0.496 e. The Kier molecular flexibility index (Phi) is 10.4. The molecule has 3 aromatic rings. The number of unbranched alkanes of at least 4 members (excludes halogenated alkanes) is 1. The molecule has 0 fully saturated rings. The number of carbonyl (C=O) groups excluding carboxylic acids is 3. The molecule has 0 radical (unpaired) electrons. The topological polar surface area (TPSA) is 103 Å². The number of carbonyl (C=O) groups is 3. The molecule has 2 N–H and O–H groups in total. The second-order valence-corrected chi connectivity index (χ2v) is 8.97. The van der Waals surface area contributed by atoms with Crippen LogP contribution in [0, 0.1) is 0 Å². The third-order valence-electron chi connectivity index (χ3n) is 5.27. The van der Waals surface area contributed by atoms with Crippen molar-refractivity contribution in [3.8, 4) is 11.5 Å². The summed E-state index contributed by atoms with van der Waals surface area (Å²) >= 11 is 1.36. The van der Waals surface area contributed by atoms with Crippen molar-refractivity contribution in [3.05, 3.63) is 77.9 Å². The van der Waals surface area contributed by atoms with E-state index in [1.807, 2.05) is 19.1 Å². The number of benzene rings is 3. The van der Waals surface area contributed by atoms with Crippen LogP contribution in [0.3, 0.4) is 0 Å². The molecule has 0 aliphatic rings. The van der Waals surface area contributed by atoms with Gasteiger partial charge < -0.3 is 24.8 Å². The van der Waals surface area contributed by atoms with Gasteiger partial charge in [0.05, 0.1) is 32.1 Å². The van der Waals surface area contributed by atoms with E-state index >= 15 is 0 Å². The number of ether oxygens (including phenoxy) is 3. The first-order chi connectivity index (χ1) is 17.9. The maximum atomic E-state index is 12.8. The average molecular weight is 523 g/mol. The number of hydrogen-bond acceptors (Lipinski definition) is 7. The maximum absolute atomic E-state index is 12.8. The van der Waals surface area contributed by atoms with Gasteiger partial charge in [-0.15, -0.1) is 11.8 Å². The fraction of sp³-hybridized carbons (Fsp3) is 0.250. The number of thioether (sulfide) groups is 1. The highest BCUT2D eigenvalue weighted by Crippen LogP contribution is 2.29. The molecule has 0 spiro atoms. The van der Waals surface area contributed by atoms with Gasteiger partial charge in [-0.25, -0.2) is 4.79 Å². The highest BCUT2D eigenvalue weighted by Gasteiger charge is 2.18. The molecule has 0 saturated heterocycles. The predicted octanol–water partition coefficient (Wildman–Crippen LogP) is 5.64. The first-order valence-corrected chi connectivity index (χ1v) is 12.8. The van der Waals surface area contributed by atoms with Crippen LogP contribution in [0.2, 0.25) is 0 Å². The van der Waals surface area contributed by atoms with Gasteiger partial charge in [0.1, 0.15) is 17.1 Å². The lowest BCUT2D eigenvalue weighted by molar-refractivity contribution is -0.113. The summed E-state index contributed by atoms with van der Waals surface area (Å²) < 4.78 is 15.8. The smallest absolute Gasteiger partial charge is 0.338 e. The predicted molar refractivity (Wildman–Crippen MR) is 145 cm³/mol. The SMILES string of the molecule is CCCCOC(=O)c1ccc(NC(=O)CSc2ccc(NC(=O)c3c(OC)cccc3OC)cc2)cc1. The van der Waals surface area contributed by atoms with Crippen molar-refractivity contribution in [1.29, 1.82) is 0 Å². The fourth-order valence-corrected chi connectivity index (χ4v) is 4.03. The van der Waals surface area contributed by atoms with E-state index in [4.69, 9.17) is 14.2 Å². The number of amides is 2. The molecule has 3 aromatic carbocycles. The summed E-state index contributed by atoms with van der Waals surface area (Å²) in [5.74, 6) is 0.125. The van der Waals surface area contributed by atoms with Crippen LogP contribution in [0.4, 0.5) is 11.4 Å². The minimum absolute atomic E-state index is 0.177. The molecular weight excluding hydrogens is 492 g/mol. The highest BCUT2D eigenvalue weighted by atomic mass is 32.2. The quantitative estimate of drug-likeness (QED) is 0.180. The molecule has 0 unspecified atom stereocenters. The van der Waals surface area contributed by atoms with Crippen LogP contribution in [0.5, 0.6) is 11.5 Å². The maximum Gasteiger partial charge on any atom is 0.338 e. The molecule has 0 aliphatic carbocycles. The standard InChI is InChI=1S/C28H30N2O6S/c1-4-5-17-36-28(33)19-9-11-20(12-10-19)29-25(31)18-37-22-15-13-21(14-16-22)30-27(32)26-23(34-2)7-6-8-24(26)35-3/h6-16H,4-5,17-18H2,1-3H3,(H,29,31)(H,30,32). The van der Waals surface area contributed by atoms with Crippen LogP contribution in [-0.2, 0) is 9.53 Å². The number of esters is 1. The third-order valence-corrected chi connectivity index (χ3v) is 6.28. The first-order valence-electron chi connectivity index (χ1n) is 11.8. The summed E-state index contributed by atoms with van der Waals surface area (Å²) in [6, 6.07) is 18.9. The molecule has 2 amide bonds. The Bertz CT molecular complexity index is 1190. The van der Waals surface area contributed by atoms with Crippen LogP contribution in [0.25, 0.3) is 0 Å². The van der Waals surface area contributed by atoms with Crippen LogP contribution >= 0.6 is 11.8 Å². The van der Waals surface area contributed by atoms with Gasteiger partial charge in [0.2, 0.25) is 5.91 Å². The Hall–Kier alpha value is -3.98. The molecule has 0 atom stereocenters. The van der Waals surface area contributed by atoms with Gasteiger partial charge in [-0.2, -0.15) is 0 Å². The van der Waals surface area contributed by atoms with Gasteiger partial charge in [-0.1, -0.05) is 19.4 Å². The number of anilines is 2. The lowest BCUT2D eigenvalue weighted by Crippen LogP contribution is -2.15. The molecule has 0 bridgehead atoms. The fourth-order valence-electron chi connectivity index (χ4n) is 3.33. The zero-order chi connectivity index (χ0) is 26.6. The summed E-state index contributed by atoms with van der Waals surface area (Å²) in [7, 11) is 2.99. The molecule has 0 aromatic heterocycles. The van der Waals surface area contributed by atoms with E-state index in [1.54, 1.807) is 54.6 Å². The Morgan fingerprint density at radius 1 is 0.811 bits per heavy atom. The summed E-state index contributed by atoms with van der Waals surface area (Å²) in [4.78, 5) is 38.0. The van der Waals surface area contributed by atoms with Gasteiger partial charge in [0.15, 0.2) is 0 Å². The second kappa shape index (κ2) is 13.9. The van der Waals surface area contributed by atoms with E-state index in [-0.39, 0.29) is 23.5 Å². The van der Waals surface area contributed by atoms with E-state index in [0.717, 1.165) is 17.7 Å². The van der Waals surface area contributed by atoms with E-state index < -0.39 is 0 Å². The third kappa shape index (κ3) is 8.01. The van der Waals surface area contributed by atoms with Crippen LogP contribution < -0.4 is 20.1 Å². The van der Waals surface area contributed by atoms with Gasteiger partial charge in [-0.05, 0) is 67.1 Å². The Morgan fingerprint density at radius 2 is 1.41 bits per heavy atom. The van der Waals surface area contributed by atoms with Crippen LogP contribution in [0.15, 0.2) is 71.6 Å². The highest BCUT2D eigenvalue weighted by molar-refractivity contribution is 8.00. The van der Waals surface area contributed by atoms with Crippen LogP contribution in [-0.4, -0.2) is 44.4 Å². The summed E-state index contributed by atoms with van der Waals surface area (Å²) in [6.45, 7) is 2.43. The van der Waals surface area contributed by atoms with Crippen molar-refractivity contribution in [1.82, 2.24) is 0 Å². The van der Waals surface area contributed by atoms with Gasteiger partial charge in [0.25, 0.3) is 5.91 Å². The van der Waals surface area contributed by atoms with Crippen molar-refractivity contribution < 1.29 is 28.6 Å². The number of rotatable bonds is 12. The molecule has 0 saturated carbocycles. The summed E-state index contributed by atoms with van der Waals surface area (Å²) in [6.07, 6.45) is 1.78. The zero-order valence-electron chi connectivity index (χ0n) is 21.0. The first kappa shape index (κ1) is 27.6. The van der Waals surface area contributed by atoms with Crippen LogP contribution in [0.1, 0.15) is 40.5 Å². The molecule has 0 aliphatic heterocycles. The average Bonchev–Trinajstić information content (AvgIpc) is 2.92. The molecule has 0 heterocycles. The van der Waals surface area contributed by atoms with Crippen molar-refractivity contribution >= 4 is 40.9 Å². The van der Waals surface area contributed by atoms with Gasteiger partial charge in [0, 0.05) is 16.3 Å². The Morgan fingerprint density at radius 3 is 2.00 bits per heavy atom. The van der Waals surface area contributed by atoms with E-state index in [2.05, 4.69) is 10.6 Å². The Balaban J connectivity index is 1.50. The molecular formula is C28H30N2O6S. The van der Waals surface area contributed by atoms with Crippen molar-refractivity contribution in [2.24, 2.45) is 0 Å². The monoisotopic (exact) mass is 522 g/mol. The normalized spacial score (nSPS) is 10.4. The molecule has 8 nitrogen and oxygen atoms in total. The lowest BCUT2D eigenvalue weighted by atomic mass is 10.1. The largest absolute Gasteiger partial charge is 0.496 e. The van der Waals surface area contributed by atoms with E-state index in [9.17, 15) is 14.4 Å². The second-order valence-electron chi connectivity index (χ2n) is 7.92. The number of nitrogens with one attached hydrogen (secondary N) is 2. The van der Waals surface area contributed by atoms with Gasteiger partial charge >= 0.3 is 5.97 Å². The van der Waals surface area contributed by atoms with Crippen molar-refractivity contribution in [2.75, 3.05) is 37.2 Å². The zero-order valence-corrected chi connectivity index (χ0v) is 21.9. The molecule has 194 valence electrons. The minimum atomic E-state index is -0.372. The van der Waals surface area contributed by atoms with E-state index in [1.165, 1.54) is 26.0 Å². The van der Waals surface area contributed by atoms with E-state index in [0.29, 0.717) is 40.6 Å². The number of hydrogen-bond donors (Lipinski definition) is 2. The molecule has 37 heavy (non-hydrogen) atoms.